The maximum atomic E-state index is 9.60. The second-order valence-electron chi connectivity index (χ2n) is 6.03. The first kappa shape index (κ1) is 16.4. The Morgan fingerprint density at radius 3 is 1.50 bits per heavy atom. The normalized spacial score (nSPS) is 11.5. The molecule has 0 fully saturated rings. The van der Waals surface area contributed by atoms with Gasteiger partial charge in [-0.2, -0.15) is 0 Å². The van der Waals surface area contributed by atoms with E-state index in [1.807, 2.05) is 24.3 Å². The van der Waals surface area contributed by atoms with E-state index in [2.05, 4.69) is 13.8 Å². The SMILES string of the molecule is CCCCC(CCC)(c1ccc(O)cc1)c1ccc(O)cc1. The molecule has 0 aliphatic rings. The van der Waals surface area contributed by atoms with Gasteiger partial charge >= 0.3 is 0 Å². The van der Waals surface area contributed by atoms with E-state index in [-0.39, 0.29) is 5.41 Å². The van der Waals surface area contributed by atoms with Crippen LogP contribution in [0.25, 0.3) is 0 Å². The lowest BCUT2D eigenvalue weighted by molar-refractivity contribution is 0.412. The van der Waals surface area contributed by atoms with Crippen molar-refractivity contribution in [2.45, 2.75) is 51.4 Å². The highest BCUT2D eigenvalue weighted by molar-refractivity contribution is 5.43. The van der Waals surface area contributed by atoms with Crippen LogP contribution < -0.4 is 0 Å². The van der Waals surface area contributed by atoms with Crippen LogP contribution in [-0.2, 0) is 5.41 Å². The molecule has 0 aliphatic carbocycles. The molecule has 0 saturated carbocycles. The third-order valence-corrected chi connectivity index (χ3v) is 4.47. The minimum atomic E-state index is -0.0494. The minimum Gasteiger partial charge on any atom is -0.508 e. The lowest BCUT2D eigenvalue weighted by Gasteiger charge is -2.35. The first-order valence-corrected chi connectivity index (χ1v) is 8.21. The van der Waals surface area contributed by atoms with E-state index in [4.69, 9.17) is 0 Å². The van der Waals surface area contributed by atoms with Crippen molar-refractivity contribution in [3.05, 3.63) is 59.7 Å². The molecule has 0 saturated heterocycles. The quantitative estimate of drug-likeness (QED) is 0.721. The molecule has 0 aliphatic heterocycles. The molecule has 22 heavy (non-hydrogen) atoms. The smallest absolute Gasteiger partial charge is 0.115 e. The molecule has 0 aromatic heterocycles. The minimum absolute atomic E-state index is 0.0494. The van der Waals surface area contributed by atoms with Crippen LogP contribution >= 0.6 is 0 Å². The summed E-state index contributed by atoms with van der Waals surface area (Å²) in [6, 6.07) is 15.2. The van der Waals surface area contributed by atoms with Crippen molar-refractivity contribution in [3.8, 4) is 11.5 Å². The van der Waals surface area contributed by atoms with Gasteiger partial charge in [-0.3, -0.25) is 0 Å². The zero-order chi connectivity index (χ0) is 16.0. The van der Waals surface area contributed by atoms with Crippen LogP contribution in [0, 0.1) is 0 Å². The van der Waals surface area contributed by atoms with Crippen LogP contribution in [0.2, 0.25) is 0 Å². The van der Waals surface area contributed by atoms with Gasteiger partial charge in [0.25, 0.3) is 0 Å². The zero-order valence-corrected chi connectivity index (χ0v) is 13.5. The van der Waals surface area contributed by atoms with Gasteiger partial charge in [-0.15, -0.1) is 0 Å². The van der Waals surface area contributed by atoms with Crippen LogP contribution in [0.15, 0.2) is 48.5 Å². The van der Waals surface area contributed by atoms with Gasteiger partial charge in [-0.1, -0.05) is 57.4 Å². The Hall–Kier alpha value is -1.96. The van der Waals surface area contributed by atoms with Gasteiger partial charge in [-0.25, -0.2) is 0 Å². The fourth-order valence-electron chi connectivity index (χ4n) is 3.34. The highest BCUT2D eigenvalue weighted by Gasteiger charge is 2.32. The second kappa shape index (κ2) is 7.35. The molecule has 0 atom stereocenters. The highest BCUT2D eigenvalue weighted by atomic mass is 16.3. The third kappa shape index (κ3) is 3.44. The summed E-state index contributed by atoms with van der Waals surface area (Å²) in [7, 11) is 0. The Morgan fingerprint density at radius 2 is 1.14 bits per heavy atom. The van der Waals surface area contributed by atoms with E-state index in [0.717, 1.165) is 32.1 Å². The summed E-state index contributed by atoms with van der Waals surface area (Å²) in [5.41, 5.74) is 2.43. The monoisotopic (exact) mass is 298 g/mol. The van der Waals surface area contributed by atoms with Crippen molar-refractivity contribution in [2.75, 3.05) is 0 Å². The summed E-state index contributed by atoms with van der Waals surface area (Å²) >= 11 is 0. The summed E-state index contributed by atoms with van der Waals surface area (Å²) < 4.78 is 0. The summed E-state index contributed by atoms with van der Waals surface area (Å²) in [6.45, 7) is 4.42. The van der Waals surface area contributed by atoms with E-state index in [0.29, 0.717) is 11.5 Å². The summed E-state index contributed by atoms with van der Waals surface area (Å²) in [5, 5.41) is 19.2. The van der Waals surface area contributed by atoms with E-state index >= 15 is 0 Å². The molecule has 118 valence electrons. The number of rotatable bonds is 7. The number of phenolic OH excluding ortho intramolecular Hbond substituents is 2. The number of phenols is 2. The molecule has 0 heterocycles. The van der Waals surface area contributed by atoms with Crippen molar-refractivity contribution < 1.29 is 10.2 Å². The summed E-state index contributed by atoms with van der Waals surface area (Å²) in [6.07, 6.45) is 5.53. The fraction of sp³-hybridized carbons (Fsp3) is 0.400. The predicted octanol–water partition coefficient (Wildman–Crippen LogP) is 5.37. The number of benzene rings is 2. The van der Waals surface area contributed by atoms with Gasteiger partial charge in [0.2, 0.25) is 0 Å². The molecule has 2 N–H and O–H groups in total. The van der Waals surface area contributed by atoms with Crippen molar-refractivity contribution in [1.82, 2.24) is 0 Å². The molecular formula is C20H26O2. The lowest BCUT2D eigenvalue weighted by Crippen LogP contribution is -2.27. The van der Waals surface area contributed by atoms with Crippen LogP contribution in [0.4, 0.5) is 0 Å². The largest absolute Gasteiger partial charge is 0.508 e. The summed E-state index contributed by atoms with van der Waals surface area (Å²) in [4.78, 5) is 0. The molecular weight excluding hydrogens is 272 g/mol. The van der Waals surface area contributed by atoms with Crippen molar-refractivity contribution in [3.63, 3.8) is 0 Å². The van der Waals surface area contributed by atoms with Crippen LogP contribution in [0.3, 0.4) is 0 Å². The predicted molar refractivity (Wildman–Crippen MR) is 91.4 cm³/mol. The van der Waals surface area contributed by atoms with Crippen LogP contribution in [0.1, 0.15) is 57.1 Å². The fourth-order valence-corrected chi connectivity index (χ4v) is 3.34. The van der Waals surface area contributed by atoms with Crippen LogP contribution in [-0.4, -0.2) is 10.2 Å². The highest BCUT2D eigenvalue weighted by Crippen LogP contribution is 2.42. The van der Waals surface area contributed by atoms with Crippen molar-refractivity contribution in [1.29, 1.82) is 0 Å². The third-order valence-electron chi connectivity index (χ3n) is 4.47. The van der Waals surface area contributed by atoms with Crippen molar-refractivity contribution in [2.24, 2.45) is 0 Å². The van der Waals surface area contributed by atoms with Gasteiger partial charge in [0.05, 0.1) is 0 Å². The maximum absolute atomic E-state index is 9.60. The van der Waals surface area contributed by atoms with Gasteiger partial charge in [0, 0.05) is 5.41 Å². The van der Waals surface area contributed by atoms with E-state index in [1.54, 1.807) is 24.3 Å². The summed E-state index contributed by atoms with van der Waals surface area (Å²) in [5.74, 6) is 0.602. The topological polar surface area (TPSA) is 40.5 Å². The maximum Gasteiger partial charge on any atom is 0.115 e. The van der Waals surface area contributed by atoms with Crippen LogP contribution in [0.5, 0.6) is 11.5 Å². The second-order valence-corrected chi connectivity index (χ2v) is 6.03. The van der Waals surface area contributed by atoms with Gasteiger partial charge in [-0.05, 0) is 48.2 Å². The Morgan fingerprint density at radius 1 is 0.682 bits per heavy atom. The molecule has 2 nitrogen and oxygen atoms in total. The number of hydrogen-bond acceptors (Lipinski definition) is 2. The number of unbranched alkanes of at least 4 members (excludes halogenated alkanes) is 1. The Kier molecular flexibility index (Phi) is 5.48. The molecule has 0 spiro atoms. The zero-order valence-electron chi connectivity index (χ0n) is 13.5. The number of hydrogen-bond donors (Lipinski definition) is 2. The van der Waals surface area contributed by atoms with E-state index < -0.39 is 0 Å². The first-order chi connectivity index (χ1) is 10.6. The van der Waals surface area contributed by atoms with Gasteiger partial charge < -0.3 is 10.2 Å². The Balaban J connectivity index is 2.53. The number of aromatic hydroxyl groups is 2. The average Bonchev–Trinajstić information content (AvgIpc) is 2.53. The molecule has 0 radical (unpaired) electrons. The average molecular weight is 298 g/mol. The molecule has 2 aromatic carbocycles. The molecule has 2 rings (SSSR count). The van der Waals surface area contributed by atoms with Crippen molar-refractivity contribution >= 4 is 0 Å². The molecule has 0 amide bonds. The Bertz CT molecular complexity index is 524. The molecule has 2 aromatic rings. The lowest BCUT2D eigenvalue weighted by atomic mass is 9.68. The Labute approximate surface area is 133 Å². The molecule has 2 heteroatoms. The van der Waals surface area contributed by atoms with E-state index in [9.17, 15) is 10.2 Å². The van der Waals surface area contributed by atoms with Gasteiger partial charge in [0.1, 0.15) is 11.5 Å². The molecule has 0 unspecified atom stereocenters. The first-order valence-electron chi connectivity index (χ1n) is 8.21. The standard InChI is InChI=1S/C20H26O2/c1-3-5-15-20(14-4-2,16-6-10-18(21)11-7-16)17-8-12-19(22)13-9-17/h6-13,21-22H,3-5,14-15H2,1-2H3. The van der Waals surface area contributed by atoms with Gasteiger partial charge in [0.15, 0.2) is 0 Å². The molecule has 0 bridgehead atoms. The van der Waals surface area contributed by atoms with E-state index in [1.165, 1.54) is 11.1 Å².